The Kier molecular flexibility index (Phi) is 2.78. The van der Waals surface area contributed by atoms with E-state index in [0.717, 1.165) is 16.7 Å². The molecule has 0 fully saturated rings. The predicted octanol–water partition coefficient (Wildman–Crippen LogP) is 0.752. The van der Waals surface area contributed by atoms with Gasteiger partial charge in [-0.3, -0.25) is 4.68 Å². The summed E-state index contributed by atoms with van der Waals surface area (Å²) in [5, 5.41) is 5.31. The largest absolute Gasteiger partial charge is 0.355 e. The highest BCUT2D eigenvalue weighted by Gasteiger charge is 2.14. The molecule has 0 spiro atoms. The van der Waals surface area contributed by atoms with Gasteiger partial charge in [-0.2, -0.15) is 5.10 Å². The van der Waals surface area contributed by atoms with Gasteiger partial charge in [-0.1, -0.05) is 0 Å². The van der Waals surface area contributed by atoms with Crippen molar-refractivity contribution in [2.24, 2.45) is 12.8 Å². The van der Waals surface area contributed by atoms with E-state index in [1.807, 2.05) is 31.0 Å². The van der Waals surface area contributed by atoms with Crippen molar-refractivity contribution in [1.82, 2.24) is 14.8 Å². The third-order valence-electron chi connectivity index (χ3n) is 2.99. The summed E-state index contributed by atoms with van der Waals surface area (Å²) < 4.78 is 1.85. The second kappa shape index (κ2) is 4.09. The summed E-state index contributed by atoms with van der Waals surface area (Å²) in [6, 6.07) is 2.23. The van der Waals surface area contributed by atoms with Gasteiger partial charge in [0.05, 0.1) is 17.1 Å². The number of fused-ring (bicyclic) bond motifs is 1. The molecule has 2 N–H and O–H groups in total. The van der Waals surface area contributed by atoms with E-state index in [1.165, 1.54) is 0 Å². The lowest BCUT2D eigenvalue weighted by Gasteiger charge is -2.25. The van der Waals surface area contributed by atoms with E-state index < -0.39 is 0 Å². The van der Waals surface area contributed by atoms with Crippen LogP contribution < -0.4 is 10.6 Å². The van der Waals surface area contributed by atoms with Gasteiger partial charge in [0.15, 0.2) is 0 Å². The van der Waals surface area contributed by atoms with Crippen LogP contribution in [0.25, 0.3) is 10.9 Å². The Morgan fingerprint density at radius 1 is 1.56 bits per heavy atom. The molecule has 0 amide bonds. The molecule has 0 saturated carbocycles. The number of hydrogen-bond acceptors (Lipinski definition) is 4. The fourth-order valence-corrected chi connectivity index (χ4v) is 1.71. The first-order chi connectivity index (χ1) is 7.65. The first-order valence-electron chi connectivity index (χ1n) is 5.34. The molecule has 0 bridgehead atoms. The highest BCUT2D eigenvalue weighted by atomic mass is 15.3. The summed E-state index contributed by atoms with van der Waals surface area (Å²) in [6.07, 6.45) is 3.65. The molecule has 0 saturated heterocycles. The highest BCUT2D eigenvalue weighted by Crippen LogP contribution is 2.23. The second-order valence-electron chi connectivity index (χ2n) is 4.03. The highest BCUT2D eigenvalue weighted by molar-refractivity contribution is 5.89. The maximum Gasteiger partial charge on any atom is 0.139 e. The smallest absolute Gasteiger partial charge is 0.139 e. The lowest BCUT2D eigenvalue weighted by molar-refractivity contribution is 0.690. The number of likely N-dealkylation sites (N-methyl/N-ethyl adjacent to an activating group) is 1. The minimum atomic E-state index is 0.262. The molecule has 0 aliphatic rings. The van der Waals surface area contributed by atoms with E-state index >= 15 is 0 Å². The summed E-state index contributed by atoms with van der Waals surface area (Å²) in [5.41, 5.74) is 6.75. The van der Waals surface area contributed by atoms with Gasteiger partial charge in [0.1, 0.15) is 5.82 Å². The van der Waals surface area contributed by atoms with Crippen LogP contribution in [0.2, 0.25) is 0 Å². The molecular weight excluding hydrogens is 202 g/mol. The molecule has 2 aromatic rings. The SMILES string of the molecule is CC(CN)N(C)c1nccc2c1cnn2C. The Balaban J connectivity index is 2.52. The Morgan fingerprint density at radius 3 is 3.00 bits per heavy atom. The van der Waals surface area contributed by atoms with Crippen molar-refractivity contribution < 1.29 is 0 Å². The minimum Gasteiger partial charge on any atom is -0.355 e. The van der Waals surface area contributed by atoms with Crippen LogP contribution in [-0.2, 0) is 7.05 Å². The van der Waals surface area contributed by atoms with Crippen LogP contribution in [0.3, 0.4) is 0 Å². The maximum absolute atomic E-state index is 5.67. The monoisotopic (exact) mass is 219 g/mol. The number of nitrogens with two attached hydrogens (primary N) is 1. The summed E-state index contributed by atoms with van der Waals surface area (Å²) >= 11 is 0. The van der Waals surface area contributed by atoms with E-state index in [9.17, 15) is 0 Å². The Labute approximate surface area is 94.9 Å². The lowest BCUT2D eigenvalue weighted by Crippen LogP contribution is -2.35. The Bertz CT molecular complexity index is 490. The van der Waals surface area contributed by atoms with Crippen LogP contribution in [0.5, 0.6) is 0 Å². The number of nitrogens with zero attached hydrogens (tertiary/aromatic N) is 4. The van der Waals surface area contributed by atoms with Crippen LogP contribution in [0, 0.1) is 0 Å². The zero-order chi connectivity index (χ0) is 11.7. The topological polar surface area (TPSA) is 60.0 Å². The van der Waals surface area contributed by atoms with Gasteiger partial charge in [-0.25, -0.2) is 4.98 Å². The molecule has 2 heterocycles. The number of anilines is 1. The van der Waals surface area contributed by atoms with Crippen LogP contribution in [0.15, 0.2) is 18.5 Å². The standard InChI is InChI=1S/C11H17N5/c1-8(6-12)15(2)11-9-7-14-16(3)10(9)4-5-13-11/h4-5,7-8H,6,12H2,1-3H3. The molecule has 0 radical (unpaired) electrons. The van der Waals surface area contributed by atoms with Gasteiger partial charge < -0.3 is 10.6 Å². The molecule has 1 unspecified atom stereocenters. The molecule has 5 heteroatoms. The van der Waals surface area contributed by atoms with Gasteiger partial charge in [0, 0.05) is 32.9 Å². The molecule has 0 aliphatic carbocycles. The maximum atomic E-state index is 5.67. The first-order valence-corrected chi connectivity index (χ1v) is 5.34. The van der Waals surface area contributed by atoms with Gasteiger partial charge in [0.2, 0.25) is 0 Å². The molecular formula is C11H17N5. The number of hydrogen-bond donors (Lipinski definition) is 1. The summed E-state index contributed by atoms with van der Waals surface area (Å²) in [5.74, 6) is 0.934. The van der Waals surface area contributed by atoms with Crippen molar-refractivity contribution in [1.29, 1.82) is 0 Å². The molecule has 16 heavy (non-hydrogen) atoms. The first kappa shape index (κ1) is 10.9. The molecule has 5 nitrogen and oxygen atoms in total. The normalized spacial score (nSPS) is 13.0. The molecule has 2 aromatic heterocycles. The van der Waals surface area contributed by atoms with Crippen LogP contribution >= 0.6 is 0 Å². The van der Waals surface area contributed by atoms with Crippen LogP contribution in [0.4, 0.5) is 5.82 Å². The molecule has 2 rings (SSSR count). The Hall–Kier alpha value is -1.62. The fraction of sp³-hybridized carbons (Fsp3) is 0.455. The van der Waals surface area contributed by atoms with Crippen molar-refractivity contribution in [3.05, 3.63) is 18.5 Å². The average Bonchev–Trinajstić information content (AvgIpc) is 2.69. The van der Waals surface area contributed by atoms with E-state index in [4.69, 9.17) is 5.73 Å². The lowest BCUT2D eigenvalue weighted by atomic mass is 10.2. The molecule has 0 aliphatic heterocycles. The zero-order valence-corrected chi connectivity index (χ0v) is 9.88. The number of rotatable bonds is 3. The number of aryl methyl sites for hydroxylation is 1. The average molecular weight is 219 g/mol. The molecule has 0 aromatic carbocycles. The predicted molar refractivity (Wildman–Crippen MR) is 65.4 cm³/mol. The summed E-state index contributed by atoms with van der Waals surface area (Å²) in [4.78, 5) is 6.49. The van der Waals surface area contributed by atoms with Crippen molar-refractivity contribution >= 4 is 16.7 Å². The van der Waals surface area contributed by atoms with Gasteiger partial charge in [-0.15, -0.1) is 0 Å². The summed E-state index contributed by atoms with van der Waals surface area (Å²) in [6.45, 7) is 2.69. The Morgan fingerprint density at radius 2 is 2.31 bits per heavy atom. The third kappa shape index (κ3) is 1.63. The van der Waals surface area contributed by atoms with Crippen molar-refractivity contribution in [3.63, 3.8) is 0 Å². The van der Waals surface area contributed by atoms with E-state index in [0.29, 0.717) is 6.54 Å². The fourth-order valence-electron chi connectivity index (χ4n) is 1.71. The molecule has 86 valence electrons. The van der Waals surface area contributed by atoms with E-state index in [1.54, 1.807) is 6.20 Å². The van der Waals surface area contributed by atoms with Crippen LogP contribution in [-0.4, -0.2) is 34.4 Å². The van der Waals surface area contributed by atoms with Gasteiger partial charge >= 0.3 is 0 Å². The summed E-state index contributed by atoms with van der Waals surface area (Å²) in [7, 11) is 3.94. The third-order valence-corrected chi connectivity index (χ3v) is 2.99. The second-order valence-corrected chi connectivity index (χ2v) is 4.03. The minimum absolute atomic E-state index is 0.262. The van der Waals surface area contributed by atoms with Gasteiger partial charge in [-0.05, 0) is 13.0 Å². The van der Waals surface area contributed by atoms with Crippen molar-refractivity contribution in [2.75, 3.05) is 18.5 Å². The van der Waals surface area contributed by atoms with Crippen molar-refractivity contribution in [2.45, 2.75) is 13.0 Å². The zero-order valence-electron chi connectivity index (χ0n) is 9.88. The molecule has 1 atom stereocenters. The number of aromatic nitrogens is 3. The number of pyridine rings is 1. The van der Waals surface area contributed by atoms with Gasteiger partial charge in [0.25, 0.3) is 0 Å². The van der Waals surface area contributed by atoms with Crippen LogP contribution in [0.1, 0.15) is 6.92 Å². The van der Waals surface area contributed by atoms with E-state index in [-0.39, 0.29) is 6.04 Å². The quantitative estimate of drug-likeness (QED) is 0.827. The van der Waals surface area contributed by atoms with Crippen molar-refractivity contribution in [3.8, 4) is 0 Å². The van der Waals surface area contributed by atoms with E-state index in [2.05, 4.69) is 21.9 Å².